The van der Waals surface area contributed by atoms with E-state index in [1.54, 1.807) is 24.3 Å². The van der Waals surface area contributed by atoms with Crippen LogP contribution in [0, 0.1) is 0 Å². The van der Waals surface area contributed by atoms with Crippen molar-refractivity contribution in [3.8, 4) is 0 Å². The second kappa shape index (κ2) is 12.7. The highest BCUT2D eigenvalue weighted by atomic mass is 16.5. The van der Waals surface area contributed by atoms with E-state index in [4.69, 9.17) is 4.74 Å². The molecule has 0 unspecified atom stereocenters. The molecule has 2 aliphatic heterocycles. The second-order valence-corrected chi connectivity index (χ2v) is 9.61. The number of aliphatic hydroxyl groups is 2. The number of carboxylic acids is 1. The summed E-state index contributed by atoms with van der Waals surface area (Å²) in [5.41, 5.74) is -1.16. The molecule has 0 aromatic heterocycles. The Hall–Kier alpha value is -3.71. The van der Waals surface area contributed by atoms with Gasteiger partial charge >= 0.3 is 12.1 Å². The number of benzene rings is 1. The van der Waals surface area contributed by atoms with E-state index in [-0.39, 0.29) is 19.7 Å². The molecule has 5 N–H and O–H groups in total. The van der Waals surface area contributed by atoms with E-state index in [9.17, 15) is 39.3 Å². The van der Waals surface area contributed by atoms with Crippen LogP contribution in [0.4, 0.5) is 4.79 Å². The zero-order valence-electron chi connectivity index (χ0n) is 21.2. The molecule has 1 aromatic rings. The molecule has 208 valence electrons. The van der Waals surface area contributed by atoms with Gasteiger partial charge in [-0.15, -0.1) is 0 Å². The van der Waals surface area contributed by atoms with Crippen molar-refractivity contribution in [1.29, 1.82) is 0 Å². The Labute approximate surface area is 219 Å². The van der Waals surface area contributed by atoms with Crippen LogP contribution in [0.3, 0.4) is 0 Å². The number of ether oxygens (including phenoxy) is 1. The number of nitrogens with one attached hydrogen (secondary N) is 2. The smallest absolute Gasteiger partial charge is 0.408 e. The lowest BCUT2D eigenvalue weighted by atomic mass is 10.0. The van der Waals surface area contributed by atoms with Crippen molar-refractivity contribution in [2.24, 2.45) is 0 Å². The average molecular weight is 535 g/mol. The maximum absolute atomic E-state index is 13.5. The number of nitrogens with zero attached hydrogens (tertiary/aromatic N) is 2. The van der Waals surface area contributed by atoms with E-state index in [0.717, 1.165) is 5.56 Å². The fraction of sp³-hybridized carbons (Fsp3) is 0.560. The predicted octanol–water partition coefficient (Wildman–Crippen LogP) is -0.792. The monoisotopic (exact) mass is 534 g/mol. The van der Waals surface area contributed by atoms with Gasteiger partial charge in [0.25, 0.3) is 0 Å². The van der Waals surface area contributed by atoms with Gasteiger partial charge in [-0.1, -0.05) is 30.3 Å². The molecular weight excluding hydrogens is 500 g/mol. The number of carbonyl (C=O) groups is 5. The molecule has 0 spiro atoms. The van der Waals surface area contributed by atoms with E-state index in [1.165, 1.54) is 16.7 Å². The minimum Gasteiger partial charge on any atom is -0.479 e. The number of amides is 4. The summed E-state index contributed by atoms with van der Waals surface area (Å²) in [5.74, 6) is -3.25. The van der Waals surface area contributed by atoms with Gasteiger partial charge in [-0.2, -0.15) is 0 Å². The summed E-state index contributed by atoms with van der Waals surface area (Å²) in [6.07, 6.45) is 0.736. The number of rotatable bonds is 10. The van der Waals surface area contributed by atoms with Gasteiger partial charge in [-0.05, 0) is 38.2 Å². The summed E-state index contributed by atoms with van der Waals surface area (Å²) in [4.78, 5) is 65.8. The largest absolute Gasteiger partial charge is 0.479 e. The molecule has 2 heterocycles. The molecule has 0 saturated carbocycles. The molecule has 38 heavy (non-hydrogen) atoms. The van der Waals surface area contributed by atoms with Crippen molar-refractivity contribution in [2.75, 3.05) is 26.3 Å². The van der Waals surface area contributed by atoms with Crippen LogP contribution in [0.5, 0.6) is 0 Å². The number of likely N-dealkylation sites (tertiary alicyclic amines) is 2. The van der Waals surface area contributed by atoms with Gasteiger partial charge in [-0.25, -0.2) is 9.59 Å². The van der Waals surface area contributed by atoms with Gasteiger partial charge in [0, 0.05) is 13.1 Å². The number of aliphatic carboxylic acids is 1. The van der Waals surface area contributed by atoms with Crippen molar-refractivity contribution in [3.05, 3.63) is 35.9 Å². The molecule has 4 atom stereocenters. The molecule has 2 fully saturated rings. The van der Waals surface area contributed by atoms with Crippen molar-refractivity contribution in [3.63, 3.8) is 0 Å². The van der Waals surface area contributed by atoms with E-state index in [0.29, 0.717) is 25.7 Å². The third-order valence-electron chi connectivity index (χ3n) is 6.83. The van der Waals surface area contributed by atoms with Gasteiger partial charge < -0.3 is 40.5 Å². The first kappa shape index (κ1) is 28.9. The van der Waals surface area contributed by atoms with Crippen LogP contribution in [-0.2, 0) is 30.5 Å². The fourth-order valence-corrected chi connectivity index (χ4v) is 4.59. The second-order valence-electron chi connectivity index (χ2n) is 9.61. The first-order valence-electron chi connectivity index (χ1n) is 12.5. The molecule has 0 bridgehead atoms. The quantitative estimate of drug-likeness (QED) is 0.256. The van der Waals surface area contributed by atoms with Crippen molar-refractivity contribution < 1.29 is 44.0 Å². The molecule has 4 amide bonds. The lowest BCUT2D eigenvalue weighted by molar-refractivity contribution is -0.151. The summed E-state index contributed by atoms with van der Waals surface area (Å²) in [7, 11) is 0. The minimum atomic E-state index is -1.90. The molecule has 0 aliphatic carbocycles. The maximum Gasteiger partial charge on any atom is 0.408 e. The lowest BCUT2D eigenvalue weighted by Gasteiger charge is -2.33. The number of aliphatic hydroxyl groups excluding tert-OH is 2. The molecular formula is C25H34N4O9. The minimum absolute atomic E-state index is 0.0283. The standard InChI is InChI=1S/C25H34N4O9/c1-25(15-31,23(35)36)27-20(32)18-9-5-11-28(18)22(34)19-10-6-12-29(19)21(33)17(13-30)26-24(37)38-14-16-7-3-2-4-8-16/h2-4,7-8,17-19,30-31H,5-6,9-15H2,1H3,(H,26,37)(H,27,32)(H,35,36)/t17-,18-,19-,25-/m0/s1. The van der Waals surface area contributed by atoms with Crippen LogP contribution >= 0.6 is 0 Å². The van der Waals surface area contributed by atoms with Gasteiger partial charge in [0.2, 0.25) is 17.7 Å². The lowest BCUT2D eigenvalue weighted by Crippen LogP contribution is -2.61. The third-order valence-corrected chi connectivity index (χ3v) is 6.83. The van der Waals surface area contributed by atoms with Crippen LogP contribution in [0.25, 0.3) is 0 Å². The van der Waals surface area contributed by atoms with Crippen LogP contribution in [0.1, 0.15) is 38.2 Å². The molecule has 2 aliphatic rings. The zero-order valence-corrected chi connectivity index (χ0v) is 21.2. The van der Waals surface area contributed by atoms with E-state index in [2.05, 4.69) is 10.6 Å². The van der Waals surface area contributed by atoms with E-state index in [1.807, 2.05) is 6.07 Å². The summed E-state index contributed by atoms with van der Waals surface area (Å²) >= 11 is 0. The number of carboxylic acid groups (broad SMARTS) is 1. The first-order chi connectivity index (χ1) is 18.1. The highest BCUT2D eigenvalue weighted by Crippen LogP contribution is 2.26. The topological polar surface area (TPSA) is 186 Å². The van der Waals surface area contributed by atoms with Crippen LogP contribution in [-0.4, -0.2) is 105 Å². The third kappa shape index (κ3) is 6.58. The average Bonchev–Trinajstić information content (AvgIpc) is 3.60. The molecule has 0 radical (unpaired) electrons. The highest BCUT2D eigenvalue weighted by Gasteiger charge is 2.45. The van der Waals surface area contributed by atoms with Crippen LogP contribution < -0.4 is 10.6 Å². The molecule has 13 heteroatoms. The molecule has 3 rings (SSSR count). The molecule has 1 aromatic carbocycles. The Balaban J connectivity index is 1.63. The van der Waals surface area contributed by atoms with E-state index >= 15 is 0 Å². The molecule has 2 saturated heterocycles. The highest BCUT2D eigenvalue weighted by molar-refractivity contribution is 5.96. The number of hydrogen-bond donors (Lipinski definition) is 5. The van der Waals surface area contributed by atoms with Crippen molar-refractivity contribution in [2.45, 2.75) is 62.9 Å². The van der Waals surface area contributed by atoms with Gasteiger partial charge in [0.1, 0.15) is 24.7 Å². The normalized spacial score (nSPS) is 21.3. The summed E-state index contributed by atoms with van der Waals surface area (Å²) in [6.45, 7) is 0.0615. The number of hydrogen-bond acceptors (Lipinski definition) is 8. The summed E-state index contributed by atoms with van der Waals surface area (Å²) < 4.78 is 5.12. The number of alkyl carbamates (subject to hydrolysis) is 1. The Morgan fingerprint density at radius 2 is 1.66 bits per heavy atom. The van der Waals surface area contributed by atoms with Crippen molar-refractivity contribution in [1.82, 2.24) is 20.4 Å². The Kier molecular flexibility index (Phi) is 9.64. The van der Waals surface area contributed by atoms with Crippen LogP contribution in [0.15, 0.2) is 30.3 Å². The molecule has 13 nitrogen and oxygen atoms in total. The van der Waals surface area contributed by atoms with Gasteiger partial charge in [0.15, 0.2) is 5.54 Å². The zero-order chi connectivity index (χ0) is 27.9. The SMILES string of the molecule is C[C@@](CO)(NC(=O)[C@@H]1CCCN1C(=O)[C@@H]1CCCN1C(=O)[C@H](CO)NC(=O)OCc1ccccc1)C(=O)O. The Morgan fingerprint density at radius 1 is 1.03 bits per heavy atom. The Morgan fingerprint density at radius 3 is 2.26 bits per heavy atom. The predicted molar refractivity (Wildman–Crippen MR) is 131 cm³/mol. The fourth-order valence-electron chi connectivity index (χ4n) is 4.59. The van der Waals surface area contributed by atoms with Crippen LogP contribution in [0.2, 0.25) is 0 Å². The Bertz CT molecular complexity index is 1040. The van der Waals surface area contributed by atoms with Gasteiger partial charge in [0.05, 0.1) is 13.2 Å². The first-order valence-corrected chi connectivity index (χ1v) is 12.5. The van der Waals surface area contributed by atoms with Gasteiger partial charge in [-0.3, -0.25) is 14.4 Å². The summed E-state index contributed by atoms with van der Waals surface area (Å²) in [5, 5.41) is 33.2. The van der Waals surface area contributed by atoms with Crippen molar-refractivity contribution >= 4 is 29.8 Å². The summed E-state index contributed by atoms with van der Waals surface area (Å²) in [6, 6.07) is 5.73. The van der Waals surface area contributed by atoms with E-state index < -0.39 is 66.7 Å². The maximum atomic E-state index is 13.5. The number of carbonyl (C=O) groups excluding carboxylic acids is 4.